The predicted octanol–water partition coefficient (Wildman–Crippen LogP) is 2.97. The lowest BCUT2D eigenvalue weighted by Gasteiger charge is -2.29. The summed E-state index contributed by atoms with van der Waals surface area (Å²) in [6.45, 7) is 4.14. The first-order valence-electron chi connectivity index (χ1n) is 10.5. The molecule has 2 saturated carbocycles. The van der Waals surface area contributed by atoms with E-state index in [9.17, 15) is 4.79 Å². The number of rotatable bonds is 6. The molecule has 1 amide bonds. The number of benzene rings is 1. The molecule has 6 heteroatoms. The van der Waals surface area contributed by atoms with Crippen molar-refractivity contribution in [3.63, 3.8) is 0 Å². The van der Waals surface area contributed by atoms with Gasteiger partial charge in [-0.05, 0) is 37.7 Å². The maximum Gasteiger partial charge on any atom is 0.229 e. The number of aromatic nitrogens is 2. The Morgan fingerprint density at radius 2 is 2.00 bits per heavy atom. The van der Waals surface area contributed by atoms with Crippen LogP contribution < -0.4 is 5.32 Å². The van der Waals surface area contributed by atoms with E-state index in [-0.39, 0.29) is 17.2 Å². The summed E-state index contributed by atoms with van der Waals surface area (Å²) in [6.07, 6.45) is 5.29. The minimum Gasteiger partial charge on any atom is -0.343 e. The van der Waals surface area contributed by atoms with Crippen molar-refractivity contribution < 1.29 is 9.32 Å². The SMILES string of the molecule is CC(=O)N1CCC(c2nc(C3(CN[C@H]4CC4c4ccccc4)CC3)no2)CC1. The van der Waals surface area contributed by atoms with Crippen LogP contribution in [0.1, 0.15) is 68.1 Å². The Kier molecular flexibility index (Phi) is 4.46. The Balaban J connectivity index is 1.17. The second-order valence-corrected chi connectivity index (χ2v) is 8.76. The van der Waals surface area contributed by atoms with Crippen LogP contribution in [0.5, 0.6) is 0 Å². The average Bonchev–Trinajstić information content (AvgIpc) is 3.64. The van der Waals surface area contributed by atoms with Crippen molar-refractivity contribution in [1.82, 2.24) is 20.4 Å². The largest absolute Gasteiger partial charge is 0.343 e. The summed E-state index contributed by atoms with van der Waals surface area (Å²) in [6, 6.07) is 11.3. The number of hydrogen-bond donors (Lipinski definition) is 1. The van der Waals surface area contributed by atoms with Crippen LogP contribution >= 0.6 is 0 Å². The van der Waals surface area contributed by atoms with Gasteiger partial charge in [-0.1, -0.05) is 35.5 Å². The van der Waals surface area contributed by atoms with E-state index in [1.54, 1.807) is 6.92 Å². The van der Waals surface area contributed by atoms with Gasteiger partial charge in [-0.3, -0.25) is 4.79 Å². The first kappa shape index (κ1) is 17.9. The zero-order valence-corrected chi connectivity index (χ0v) is 16.4. The van der Waals surface area contributed by atoms with Crippen LogP contribution in [-0.4, -0.2) is 46.6 Å². The van der Waals surface area contributed by atoms with Crippen molar-refractivity contribution in [2.24, 2.45) is 0 Å². The van der Waals surface area contributed by atoms with Crippen molar-refractivity contribution in [3.05, 3.63) is 47.6 Å². The summed E-state index contributed by atoms with van der Waals surface area (Å²) in [5.41, 5.74) is 1.50. The molecular formula is C22H28N4O2. The Morgan fingerprint density at radius 3 is 2.68 bits per heavy atom. The molecule has 2 aromatic rings. The highest BCUT2D eigenvalue weighted by Crippen LogP contribution is 2.48. The van der Waals surface area contributed by atoms with Crippen LogP contribution in [-0.2, 0) is 10.2 Å². The third-order valence-corrected chi connectivity index (χ3v) is 6.78. The van der Waals surface area contributed by atoms with Gasteiger partial charge in [0.15, 0.2) is 5.82 Å². The topological polar surface area (TPSA) is 71.3 Å². The van der Waals surface area contributed by atoms with Gasteiger partial charge in [-0.15, -0.1) is 0 Å². The van der Waals surface area contributed by atoms with E-state index in [0.29, 0.717) is 12.0 Å². The molecule has 2 heterocycles. The number of nitrogens with zero attached hydrogens (tertiary/aromatic N) is 3. The minimum absolute atomic E-state index is 0.0612. The van der Waals surface area contributed by atoms with E-state index >= 15 is 0 Å². The lowest BCUT2D eigenvalue weighted by Crippen LogP contribution is -2.36. The summed E-state index contributed by atoms with van der Waals surface area (Å²) in [7, 11) is 0. The van der Waals surface area contributed by atoms with E-state index in [1.165, 1.54) is 12.0 Å². The lowest BCUT2D eigenvalue weighted by molar-refractivity contribution is -0.129. The lowest BCUT2D eigenvalue weighted by atomic mass is 9.96. The van der Waals surface area contributed by atoms with Gasteiger partial charge in [0.1, 0.15) is 0 Å². The molecule has 1 N–H and O–H groups in total. The number of nitrogens with one attached hydrogen (secondary N) is 1. The Morgan fingerprint density at radius 1 is 1.25 bits per heavy atom. The fraction of sp³-hybridized carbons (Fsp3) is 0.591. The van der Waals surface area contributed by atoms with Gasteiger partial charge in [0.25, 0.3) is 0 Å². The van der Waals surface area contributed by atoms with Crippen LogP contribution in [0.2, 0.25) is 0 Å². The molecule has 2 aliphatic carbocycles. The highest BCUT2D eigenvalue weighted by atomic mass is 16.5. The molecule has 1 saturated heterocycles. The van der Waals surface area contributed by atoms with E-state index in [0.717, 1.165) is 57.0 Å². The molecule has 3 aliphatic rings. The third kappa shape index (κ3) is 3.46. The molecular weight excluding hydrogens is 352 g/mol. The Labute approximate surface area is 165 Å². The van der Waals surface area contributed by atoms with E-state index < -0.39 is 0 Å². The quantitative estimate of drug-likeness (QED) is 0.834. The third-order valence-electron chi connectivity index (χ3n) is 6.78. The predicted molar refractivity (Wildman–Crippen MR) is 105 cm³/mol. The van der Waals surface area contributed by atoms with Gasteiger partial charge in [-0.2, -0.15) is 4.98 Å². The summed E-state index contributed by atoms with van der Waals surface area (Å²) >= 11 is 0. The molecule has 1 aromatic heterocycles. The fourth-order valence-corrected chi connectivity index (χ4v) is 4.50. The normalized spacial score (nSPS) is 26.2. The molecule has 5 rings (SSSR count). The summed E-state index contributed by atoms with van der Waals surface area (Å²) in [5.74, 6) is 2.72. The standard InChI is InChI=1S/C22H28N4O2/c1-15(27)26-11-7-17(8-12-26)20-24-21(25-28-20)22(9-10-22)14-23-19-13-18(19)16-5-3-2-4-6-16/h2-6,17-19,23H,7-14H2,1H3/t18?,19-/m0/s1. The maximum atomic E-state index is 11.5. The molecule has 0 bridgehead atoms. The minimum atomic E-state index is 0.0612. The molecule has 1 aromatic carbocycles. The van der Waals surface area contributed by atoms with Crippen molar-refractivity contribution in [2.75, 3.05) is 19.6 Å². The second kappa shape index (κ2) is 6.99. The number of carbonyl (C=O) groups is 1. The first-order chi connectivity index (χ1) is 13.6. The highest BCUT2D eigenvalue weighted by molar-refractivity contribution is 5.73. The van der Waals surface area contributed by atoms with Gasteiger partial charge in [0.2, 0.25) is 11.8 Å². The van der Waals surface area contributed by atoms with Crippen LogP contribution in [0.4, 0.5) is 0 Å². The second-order valence-electron chi connectivity index (χ2n) is 8.76. The summed E-state index contributed by atoms with van der Waals surface area (Å²) in [5, 5.41) is 8.10. The average molecular weight is 380 g/mol. The number of piperidine rings is 1. The molecule has 2 atom stereocenters. The first-order valence-corrected chi connectivity index (χ1v) is 10.5. The summed E-state index contributed by atoms with van der Waals surface area (Å²) < 4.78 is 5.65. The van der Waals surface area contributed by atoms with Crippen LogP contribution in [0, 0.1) is 0 Å². The Bertz CT molecular complexity index is 837. The molecule has 0 radical (unpaired) electrons. The van der Waals surface area contributed by atoms with Crippen molar-refractivity contribution in [1.29, 1.82) is 0 Å². The monoisotopic (exact) mass is 380 g/mol. The van der Waals surface area contributed by atoms with Gasteiger partial charge in [-0.25, -0.2) is 0 Å². The summed E-state index contributed by atoms with van der Waals surface area (Å²) in [4.78, 5) is 18.2. The molecule has 0 spiro atoms. The number of hydrogen-bond acceptors (Lipinski definition) is 5. The van der Waals surface area contributed by atoms with Crippen molar-refractivity contribution >= 4 is 5.91 Å². The molecule has 6 nitrogen and oxygen atoms in total. The van der Waals surface area contributed by atoms with E-state index in [1.807, 2.05) is 4.90 Å². The Hall–Kier alpha value is -2.21. The molecule has 1 unspecified atom stereocenters. The highest BCUT2D eigenvalue weighted by Gasteiger charge is 2.50. The number of likely N-dealkylation sites (tertiary alicyclic amines) is 1. The molecule has 1 aliphatic heterocycles. The van der Waals surface area contributed by atoms with Crippen LogP contribution in [0.25, 0.3) is 0 Å². The van der Waals surface area contributed by atoms with Gasteiger partial charge in [0, 0.05) is 49.9 Å². The van der Waals surface area contributed by atoms with Crippen molar-refractivity contribution in [2.45, 2.75) is 62.3 Å². The van der Waals surface area contributed by atoms with E-state index in [4.69, 9.17) is 9.51 Å². The van der Waals surface area contributed by atoms with Gasteiger partial charge >= 0.3 is 0 Å². The fourth-order valence-electron chi connectivity index (χ4n) is 4.50. The molecule has 3 fully saturated rings. The number of amides is 1. The maximum absolute atomic E-state index is 11.5. The molecule has 148 valence electrons. The van der Waals surface area contributed by atoms with E-state index in [2.05, 4.69) is 40.8 Å². The van der Waals surface area contributed by atoms with Crippen molar-refractivity contribution in [3.8, 4) is 0 Å². The smallest absolute Gasteiger partial charge is 0.229 e. The van der Waals surface area contributed by atoms with Crippen LogP contribution in [0.3, 0.4) is 0 Å². The molecule has 28 heavy (non-hydrogen) atoms. The van der Waals surface area contributed by atoms with Gasteiger partial charge in [0.05, 0.1) is 0 Å². The zero-order valence-electron chi connectivity index (χ0n) is 16.4. The zero-order chi connectivity index (χ0) is 19.1. The van der Waals surface area contributed by atoms with Gasteiger partial charge < -0.3 is 14.7 Å². The van der Waals surface area contributed by atoms with Crippen LogP contribution in [0.15, 0.2) is 34.9 Å². The number of carbonyl (C=O) groups excluding carboxylic acids is 1.